The summed E-state index contributed by atoms with van der Waals surface area (Å²) in [5.74, 6) is 0.0325. The first-order valence-corrected chi connectivity index (χ1v) is 28.4. The van der Waals surface area contributed by atoms with Crippen LogP contribution in [0.4, 0.5) is 0 Å². The number of hydrogen-bond acceptors (Lipinski definition) is 6. The van der Waals surface area contributed by atoms with Crippen molar-refractivity contribution in [1.29, 1.82) is 0 Å². The van der Waals surface area contributed by atoms with E-state index in [1.54, 1.807) is 0 Å². The van der Waals surface area contributed by atoms with Gasteiger partial charge in [0.2, 0.25) is 0 Å². The molecule has 0 saturated carbocycles. The molecule has 0 spiro atoms. The Morgan fingerprint density at radius 3 is 0.825 bits per heavy atom. The van der Waals surface area contributed by atoms with E-state index in [9.17, 15) is 14.4 Å². The first-order valence-electron chi connectivity index (χ1n) is 28.4. The monoisotopic (exact) mass is 891 g/mol. The van der Waals surface area contributed by atoms with Crippen molar-refractivity contribution >= 4 is 17.9 Å². The van der Waals surface area contributed by atoms with Crippen LogP contribution in [0.3, 0.4) is 0 Å². The normalized spacial score (nSPS) is 12.4. The van der Waals surface area contributed by atoms with Crippen molar-refractivity contribution in [3.8, 4) is 0 Å². The molecule has 63 heavy (non-hydrogen) atoms. The summed E-state index contributed by atoms with van der Waals surface area (Å²) in [6.07, 6.45) is 55.1. The van der Waals surface area contributed by atoms with Gasteiger partial charge in [-0.3, -0.25) is 14.4 Å². The third-order valence-corrected chi connectivity index (χ3v) is 13.4. The van der Waals surface area contributed by atoms with Gasteiger partial charge in [-0.25, -0.2) is 0 Å². The Balaban J connectivity index is 4.31. The summed E-state index contributed by atoms with van der Waals surface area (Å²) in [6, 6.07) is 0. The summed E-state index contributed by atoms with van der Waals surface area (Å²) in [6.45, 7) is 9.07. The molecule has 0 aromatic carbocycles. The minimum absolute atomic E-state index is 0.0621. The number of ether oxygens (including phenoxy) is 3. The predicted molar refractivity (Wildman–Crippen MR) is 270 cm³/mol. The van der Waals surface area contributed by atoms with Crippen LogP contribution in [-0.2, 0) is 28.6 Å². The van der Waals surface area contributed by atoms with Crippen molar-refractivity contribution in [2.24, 2.45) is 5.92 Å². The molecule has 0 fully saturated rings. The van der Waals surface area contributed by atoms with Crippen LogP contribution in [0.5, 0.6) is 0 Å². The van der Waals surface area contributed by atoms with Gasteiger partial charge < -0.3 is 14.2 Å². The molecular weight excluding hydrogens is 781 g/mol. The predicted octanol–water partition coefficient (Wildman–Crippen LogP) is 18.6. The summed E-state index contributed by atoms with van der Waals surface area (Å²) < 4.78 is 16.9. The third-order valence-electron chi connectivity index (χ3n) is 13.4. The third kappa shape index (κ3) is 49.7. The van der Waals surface area contributed by atoms with Crippen LogP contribution >= 0.6 is 0 Å². The fraction of sp³-hybridized carbons (Fsp3) is 0.947. The van der Waals surface area contributed by atoms with E-state index in [1.165, 1.54) is 218 Å². The van der Waals surface area contributed by atoms with E-state index in [-0.39, 0.29) is 31.1 Å². The number of hydrogen-bond donors (Lipinski definition) is 0. The average Bonchev–Trinajstić information content (AvgIpc) is 3.28. The Hall–Kier alpha value is -1.59. The van der Waals surface area contributed by atoms with E-state index in [4.69, 9.17) is 14.2 Å². The second-order valence-corrected chi connectivity index (χ2v) is 19.8. The molecule has 0 aliphatic heterocycles. The molecule has 0 N–H and O–H groups in total. The van der Waals surface area contributed by atoms with Gasteiger partial charge in [0.1, 0.15) is 13.2 Å². The number of unbranched alkanes of at least 4 members (excludes halogenated alkanes) is 38. The van der Waals surface area contributed by atoms with Crippen LogP contribution in [0.25, 0.3) is 0 Å². The summed E-state index contributed by atoms with van der Waals surface area (Å²) in [7, 11) is 0. The summed E-state index contributed by atoms with van der Waals surface area (Å²) >= 11 is 0. The fourth-order valence-corrected chi connectivity index (χ4v) is 8.72. The molecule has 0 aromatic heterocycles. The zero-order chi connectivity index (χ0) is 45.9. The van der Waals surface area contributed by atoms with Crippen molar-refractivity contribution in [3.63, 3.8) is 0 Å². The number of carbonyl (C=O) groups excluding carboxylic acids is 3. The first kappa shape index (κ1) is 61.4. The molecule has 6 nitrogen and oxygen atoms in total. The summed E-state index contributed by atoms with van der Waals surface area (Å²) in [5, 5.41) is 0. The number of rotatable bonds is 52. The highest BCUT2D eigenvalue weighted by Crippen LogP contribution is 2.18. The van der Waals surface area contributed by atoms with Crippen molar-refractivity contribution in [2.45, 2.75) is 329 Å². The molecule has 0 bridgehead atoms. The maximum absolute atomic E-state index is 12.8. The molecule has 0 amide bonds. The van der Waals surface area contributed by atoms with E-state index < -0.39 is 6.10 Å². The quantitative estimate of drug-likeness (QED) is 0.0344. The van der Waals surface area contributed by atoms with Gasteiger partial charge in [0.15, 0.2) is 6.10 Å². The molecule has 0 rings (SSSR count). The van der Waals surface area contributed by atoms with E-state index >= 15 is 0 Å². The van der Waals surface area contributed by atoms with Crippen LogP contribution in [-0.4, -0.2) is 37.2 Å². The minimum Gasteiger partial charge on any atom is -0.462 e. The molecule has 374 valence electrons. The Kier molecular flexibility index (Phi) is 50.1. The fourth-order valence-electron chi connectivity index (χ4n) is 8.72. The largest absolute Gasteiger partial charge is 0.462 e. The van der Waals surface area contributed by atoms with E-state index in [0.717, 1.165) is 63.7 Å². The van der Waals surface area contributed by atoms with Gasteiger partial charge in [-0.15, -0.1) is 0 Å². The zero-order valence-electron chi connectivity index (χ0n) is 43.0. The highest BCUT2D eigenvalue weighted by Gasteiger charge is 2.19. The number of esters is 3. The molecule has 0 heterocycles. The van der Waals surface area contributed by atoms with Crippen molar-refractivity contribution in [3.05, 3.63) is 0 Å². The van der Waals surface area contributed by atoms with Gasteiger partial charge in [-0.2, -0.15) is 0 Å². The molecule has 0 aromatic rings. The molecular formula is C57H110O6. The lowest BCUT2D eigenvalue weighted by Crippen LogP contribution is -2.30. The second-order valence-electron chi connectivity index (χ2n) is 19.8. The van der Waals surface area contributed by atoms with Crippen LogP contribution < -0.4 is 0 Å². The lowest BCUT2D eigenvalue weighted by Gasteiger charge is -2.18. The molecule has 0 saturated heterocycles. The Bertz CT molecular complexity index is 951. The second kappa shape index (κ2) is 51.4. The van der Waals surface area contributed by atoms with Gasteiger partial charge >= 0.3 is 17.9 Å². The lowest BCUT2D eigenvalue weighted by atomic mass is 9.99. The Morgan fingerprint density at radius 1 is 0.317 bits per heavy atom. The van der Waals surface area contributed by atoms with Crippen molar-refractivity contribution < 1.29 is 28.6 Å². The zero-order valence-corrected chi connectivity index (χ0v) is 43.0. The van der Waals surface area contributed by atoms with E-state index in [1.807, 2.05) is 0 Å². The van der Waals surface area contributed by atoms with Gasteiger partial charge in [-0.1, -0.05) is 285 Å². The Morgan fingerprint density at radius 2 is 0.556 bits per heavy atom. The lowest BCUT2D eigenvalue weighted by molar-refractivity contribution is -0.167. The van der Waals surface area contributed by atoms with Crippen LogP contribution in [0.15, 0.2) is 0 Å². The standard InChI is InChI=1S/C57H110O6/c1-5-8-10-12-14-16-18-20-22-23-24-26-28-34-38-42-46-50-57(60)63-54(51-61-55(58)48-44-40-36-32-27-25-21-19-17-15-13-11-9-6-2)52-62-56(59)49-45-41-37-33-30-29-31-35-39-43-47-53(4)7-3/h53-54H,5-52H2,1-4H3/t53?,54-/m1/s1. The smallest absolute Gasteiger partial charge is 0.306 e. The average molecular weight is 892 g/mol. The number of carbonyl (C=O) groups is 3. The molecule has 2 atom stereocenters. The molecule has 0 aliphatic rings. The van der Waals surface area contributed by atoms with Crippen molar-refractivity contribution in [1.82, 2.24) is 0 Å². The van der Waals surface area contributed by atoms with Crippen LogP contribution in [0.2, 0.25) is 0 Å². The molecule has 6 heteroatoms. The first-order chi connectivity index (χ1) is 30.9. The van der Waals surface area contributed by atoms with Gasteiger partial charge in [0.25, 0.3) is 0 Å². The van der Waals surface area contributed by atoms with E-state index in [0.29, 0.717) is 19.3 Å². The Labute approximate surface area is 393 Å². The van der Waals surface area contributed by atoms with Gasteiger partial charge in [0.05, 0.1) is 0 Å². The topological polar surface area (TPSA) is 78.9 Å². The SMILES string of the molecule is CCCCCCCCCCCCCCCCCCCC(=O)O[C@H](COC(=O)CCCCCCCCCCCCCCCC)COC(=O)CCCCCCCCCCCCC(C)CC. The van der Waals surface area contributed by atoms with Gasteiger partial charge in [0, 0.05) is 19.3 Å². The minimum atomic E-state index is -0.761. The maximum Gasteiger partial charge on any atom is 0.306 e. The van der Waals surface area contributed by atoms with Crippen molar-refractivity contribution in [2.75, 3.05) is 13.2 Å². The molecule has 0 radical (unpaired) electrons. The van der Waals surface area contributed by atoms with Crippen LogP contribution in [0, 0.1) is 5.92 Å². The maximum atomic E-state index is 12.8. The summed E-state index contributed by atoms with van der Waals surface area (Å²) in [5.41, 5.74) is 0. The summed E-state index contributed by atoms with van der Waals surface area (Å²) in [4.78, 5) is 38.1. The highest BCUT2D eigenvalue weighted by molar-refractivity contribution is 5.71. The van der Waals surface area contributed by atoms with Gasteiger partial charge in [-0.05, 0) is 25.2 Å². The van der Waals surface area contributed by atoms with Crippen LogP contribution in [0.1, 0.15) is 323 Å². The highest BCUT2D eigenvalue weighted by atomic mass is 16.6. The van der Waals surface area contributed by atoms with E-state index in [2.05, 4.69) is 27.7 Å². The molecule has 0 aliphatic carbocycles. The molecule has 1 unspecified atom stereocenters.